The molecule has 0 spiro atoms. The molecular formula is C21H40O4. The van der Waals surface area contributed by atoms with E-state index in [0.29, 0.717) is 19.6 Å². The Bertz CT molecular complexity index is 328. The molecular weight excluding hydrogens is 316 g/mol. The predicted octanol–water partition coefficient (Wildman–Crippen LogP) is 5.82. The zero-order chi connectivity index (χ0) is 18.8. The Morgan fingerprint density at radius 3 is 1.84 bits per heavy atom. The minimum Gasteiger partial charge on any atom is -0.466 e. The third-order valence-electron chi connectivity index (χ3n) is 4.42. The maximum atomic E-state index is 11.7. The van der Waals surface area contributed by atoms with Crippen LogP contribution >= 0.6 is 0 Å². The molecule has 0 rings (SSSR count). The molecule has 4 nitrogen and oxygen atoms in total. The number of ether oxygens (including phenoxy) is 2. The number of hydrogen-bond donors (Lipinski definition) is 0. The van der Waals surface area contributed by atoms with Gasteiger partial charge in [-0.3, -0.25) is 9.59 Å². The lowest BCUT2D eigenvalue weighted by molar-refractivity contribution is -0.148. The van der Waals surface area contributed by atoms with Crippen molar-refractivity contribution in [1.29, 1.82) is 0 Å². The van der Waals surface area contributed by atoms with Crippen molar-refractivity contribution >= 4 is 11.9 Å². The van der Waals surface area contributed by atoms with E-state index in [1.54, 1.807) is 0 Å². The molecule has 0 bridgehead atoms. The van der Waals surface area contributed by atoms with Crippen molar-refractivity contribution < 1.29 is 19.1 Å². The molecule has 0 aromatic heterocycles. The molecule has 0 aliphatic carbocycles. The second-order valence-electron chi connectivity index (χ2n) is 7.01. The highest BCUT2D eigenvalue weighted by atomic mass is 16.5. The van der Waals surface area contributed by atoms with Gasteiger partial charge in [-0.1, -0.05) is 72.1 Å². The fourth-order valence-corrected chi connectivity index (χ4v) is 2.58. The SMILES string of the molecule is CCCCOC(=O)CCCCCCCCCC(C)C(=O)OCCCC. The Morgan fingerprint density at radius 2 is 1.24 bits per heavy atom. The first-order valence-corrected chi connectivity index (χ1v) is 10.4. The Hall–Kier alpha value is -1.06. The van der Waals surface area contributed by atoms with E-state index in [2.05, 4.69) is 13.8 Å². The largest absolute Gasteiger partial charge is 0.466 e. The number of rotatable bonds is 17. The van der Waals surface area contributed by atoms with E-state index < -0.39 is 0 Å². The van der Waals surface area contributed by atoms with Crippen LogP contribution in [0.3, 0.4) is 0 Å². The van der Waals surface area contributed by atoms with Crippen LogP contribution in [0.25, 0.3) is 0 Å². The molecule has 0 aromatic rings. The Labute approximate surface area is 155 Å². The summed E-state index contributed by atoms with van der Waals surface area (Å²) in [6.07, 6.45) is 13.4. The first-order chi connectivity index (χ1) is 12.1. The number of carbonyl (C=O) groups is 2. The molecule has 0 amide bonds. The van der Waals surface area contributed by atoms with Gasteiger partial charge in [0.05, 0.1) is 19.1 Å². The van der Waals surface area contributed by atoms with Crippen LogP contribution in [0.2, 0.25) is 0 Å². The van der Waals surface area contributed by atoms with Gasteiger partial charge in [0.15, 0.2) is 0 Å². The fourth-order valence-electron chi connectivity index (χ4n) is 2.58. The molecule has 0 N–H and O–H groups in total. The molecule has 0 fully saturated rings. The summed E-state index contributed by atoms with van der Waals surface area (Å²) in [5.41, 5.74) is 0. The van der Waals surface area contributed by atoms with Crippen LogP contribution in [0.5, 0.6) is 0 Å². The van der Waals surface area contributed by atoms with E-state index in [1.165, 1.54) is 25.7 Å². The minimum absolute atomic E-state index is 0.0237. The van der Waals surface area contributed by atoms with Crippen molar-refractivity contribution in [3.63, 3.8) is 0 Å². The van der Waals surface area contributed by atoms with Crippen LogP contribution in [-0.4, -0.2) is 25.2 Å². The van der Waals surface area contributed by atoms with Gasteiger partial charge in [-0.05, 0) is 25.7 Å². The number of hydrogen-bond acceptors (Lipinski definition) is 4. The highest BCUT2D eigenvalue weighted by Crippen LogP contribution is 2.14. The zero-order valence-corrected chi connectivity index (χ0v) is 16.8. The van der Waals surface area contributed by atoms with Crippen LogP contribution in [0.15, 0.2) is 0 Å². The second-order valence-corrected chi connectivity index (χ2v) is 7.01. The maximum absolute atomic E-state index is 11.7. The number of unbranched alkanes of at least 4 members (excludes halogenated alkanes) is 8. The van der Waals surface area contributed by atoms with Gasteiger partial charge in [-0.25, -0.2) is 0 Å². The molecule has 4 heteroatoms. The highest BCUT2D eigenvalue weighted by Gasteiger charge is 2.13. The summed E-state index contributed by atoms with van der Waals surface area (Å²) < 4.78 is 10.4. The van der Waals surface area contributed by atoms with E-state index in [4.69, 9.17) is 9.47 Å². The number of carbonyl (C=O) groups excluding carboxylic acids is 2. The van der Waals surface area contributed by atoms with Gasteiger partial charge in [0.2, 0.25) is 0 Å². The third kappa shape index (κ3) is 16.2. The smallest absolute Gasteiger partial charge is 0.308 e. The lowest BCUT2D eigenvalue weighted by Gasteiger charge is -2.11. The summed E-state index contributed by atoms with van der Waals surface area (Å²) in [4.78, 5) is 23.2. The molecule has 1 unspecified atom stereocenters. The van der Waals surface area contributed by atoms with Crippen molar-refractivity contribution in [3.8, 4) is 0 Å². The second kappa shape index (κ2) is 17.8. The molecule has 0 heterocycles. The van der Waals surface area contributed by atoms with Crippen molar-refractivity contribution in [2.75, 3.05) is 13.2 Å². The molecule has 0 aliphatic rings. The van der Waals surface area contributed by atoms with Crippen molar-refractivity contribution in [3.05, 3.63) is 0 Å². The van der Waals surface area contributed by atoms with Gasteiger partial charge in [0.25, 0.3) is 0 Å². The normalized spacial score (nSPS) is 12.0. The zero-order valence-electron chi connectivity index (χ0n) is 16.8. The van der Waals surface area contributed by atoms with Crippen LogP contribution in [-0.2, 0) is 19.1 Å². The lowest BCUT2D eigenvalue weighted by Crippen LogP contribution is -2.15. The van der Waals surface area contributed by atoms with E-state index in [0.717, 1.165) is 51.4 Å². The first kappa shape index (κ1) is 23.9. The van der Waals surface area contributed by atoms with Gasteiger partial charge in [-0.15, -0.1) is 0 Å². The average Bonchev–Trinajstić information content (AvgIpc) is 2.60. The Morgan fingerprint density at radius 1 is 0.720 bits per heavy atom. The topological polar surface area (TPSA) is 52.6 Å². The van der Waals surface area contributed by atoms with Gasteiger partial charge in [0.1, 0.15) is 0 Å². The summed E-state index contributed by atoms with van der Waals surface area (Å²) in [5.74, 6) is -0.0666. The summed E-state index contributed by atoms with van der Waals surface area (Å²) in [6.45, 7) is 7.28. The molecule has 1 atom stereocenters. The summed E-state index contributed by atoms with van der Waals surface area (Å²) in [7, 11) is 0. The standard InChI is InChI=1S/C21H40O4/c1-4-6-17-24-20(22)16-14-12-10-8-9-11-13-15-19(3)21(23)25-18-7-5-2/h19H,4-18H2,1-3H3. The predicted molar refractivity (Wildman–Crippen MR) is 102 cm³/mol. The average molecular weight is 357 g/mol. The Balaban J connectivity index is 3.35. The molecule has 0 saturated heterocycles. The molecule has 148 valence electrons. The van der Waals surface area contributed by atoms with E-state index in [1.807, 2.05) is 6.92 Å². The minimum atomic E-state index is -0.0479. The molecule has 0 aromatic carbocycles. The third-order valence-corrected chi connectivity index (χ3v) is 4.42. The molecule has 0 aliphatic heterocycles. The summed E-state index contributed by atoms with van der Waals surface area (Å²) >= 11 is 0. The summed E-state index contributed by atoms with van der Waals surface area (Å²) in [6, 6.07) is 0. The molecule has 0 saturated carbocycles. The van der Waals surface area contributed by atoms with Crippen molar-refractivity contribution in [1.82, 2.24) is 0 Å². The van der Waals surface area contributed by atoms with E-state index in [-0.39, 0.29) is 17.9 Å². The fraction of sp³-hybridized carbons (Fsp3) is 0.905. The van der Waals surface area contributed by atoms with Crippen molar-refractivity contribution in [2.45, 2.75) is 104 Å². The van der Waals surface area contributed by atoms with E-state index >= 15 is 0 Å². The molecule has 25 heavy (non-hydrogen) atoms. The Kier molecular flexibility index (Phi) is 17.0. The van der Waals surface area contributed by atoms with Gasteiger partial charge in [0, 0.05) is 6.42 Å². The quantitative estimate of drug-likeness (QED) is 0.243. The first-order valence-electron chi connectivity index (χ1n) is 10.4. The van der Waals surface area contributed by atoms with Gasteiger partial charge in [-0.2, -0.15) is 0 Å². The van der Waals surface area contributed by atoms with Gasteiger partial charge >= 0.3 is 11.9 Å². The highest BCUT2D eigenvalue weighted by molar-refractivity contribution is 5.71. The molecule has 0 radical (unpaired) electrons. The van der Waals surface area contributed by atoms with Crippen LogP contribution in [0.4, 0.5) is 0 Å². The van der Waals surface area contributed by atoms with Crippen LogP contribution in [0, 0.1) is 5.92 Å². The maximum Gasteiger partial charge on any atom is 0.308 e. The van der Waals surface area contributed by atoms with Crippen LogP contribution in [0.1, 0.15) is 104 Å². The lowest BCUT2D eigenvalue weighted by atomic mass is 10.0. The van der Waals surface area contributed by atoms with Crippen molar-refractivity contribution in [2.24, 2.45) is 5.92 Å². The van der Waals surface area contributed by atoms with Crippen LogP contribution < -0.4 is 0 Å². The number of esters is 2. The summed E-state index contributed by atoms with van der Waals surface area (Å²) in [5, 5.41) is 0. The van der Waals surface area contributed by atoms with Gasteiger partial charge < -0.3 is 9.47 Å². The monoisotopic (exact) mass is 356 g/mol. The van der Waals surface area contributed by atoms with E-state index in [9.17, 15) is 9.59 Å².